The molecule has 1 saturated heterocycles. The van der Waals surface area contributed by atoms with Crippen molar-refractivity contribution in [2.75, 3.05) is 11.9 Å². The van der Waals surface area contributed by atoms with E-state index in [2.05, 4.69) is 5.32 Å². The summed E-state index contributed by atoms with van der Waals surface area (Å²) >= 11 is 5.32. The molecule has 0 spiro atoms. The molecule has 2 bridgehead atoms. The molecule has 1 unspecified atom stereocenters. The van der Waals surface area contributed by atoms with Crippen LogP contribution in [0.2, 0.25) is 0 Å². The van der Waals surface area contributed by atoms with E-state index in [0.717, 1.165) is 34.9 Å². The second-order valence-corrected chi connectivity index (χ2v) is 8.22. The van der Waals surface area contributed by atoms with Gasteiger partial charge >= 0.3 is 11.9 Å². The fraction of sp³-hybridized carbons (Fsp3) is 0.238. The summed E-state index contributed by atoms with van der Waals surface area (Å²) in [5.41, 5.74) is -2.00. The molecule has 2 N–H and O–H groups in total. The summed E-state index contributed by atoms with van der Waals surface area (Å²) in [7, 11) is 0. The Morgan fingerprint density at radius 3 is 2.45 bits per heavy atom. The predicted octanol–water partition coefficient (Wildman–Crippen LogP) is 4.34. The molecular weight excluding hydrogens is 467 g/mol. The number of thiocarbonyl (C=S) groups is 1. The highest BCUT2D eigenvalue weighted by molar-refractivity contribution is 7.80. The van der Waals surface area contributed by atoms with Crippen LogP contribution in [-0.4, -0.2) is 30.8 Å². The molecule has 2 aromatic carbocycles. The molecule has 5 rings (SSSR count). The Morgan fingerprint density at radius 2 is 1.79 bits per heavy atom. The first-order valence-corrected chi connectivity index (χ1v) is 10.2. The van der Waals surface area contributed by atoms with Gasteiger partial charge in [0.25, 0.3) is 0 Å². The van der Waals surface area contributed by atoms with Crippen LogP contribution in [0, 0.1) is 11.6 Å². The number of halogens is 5. The quantitative estimate of drug-likeness (QED) is 0.421. The van der Waals surface area contributed by atoms with Crippen molar-refractivity contribution in [2.24, 2.45) is 0 Å². The molecule has 0 aliphatic carbocycles. The summed E-state index contributed by atoms with van der Waals surface area (Å²) in [6, 6.07) is 6.44. The summed E-state index contributed by atoms with van der Waals surface area (Å²) in [5, 5.41) is 13.4. The lowest BCUT2D eigenvalue weighted by Crippen LogP contribution is -2.40. The van der Waals surface area contributed by atoms with Gasteiger partial charge in [-0.1, -0.05) is 12.1 Å². The molecule has 1 aromatic heterocycles. The van der Waals surface area contributed by atoms with Gasteiger partial charge < -0.3 is 15.3 Å². The van der Waals surface area contributed by atoms with Crippen LogP contribution in [0.25, 0.3) is 5.69 Å². The van der Waals surface area contributed by atoms with E-state index in [0.29, 0.717) is 6.42 Å². The molecule has 3 heterocycles. The summed E-state index contributed by atoms with van der Waals surface area (Å²) in [4.78, 5) is 14.6. The molecule has 172 valence electrons. The molecular formula is C21H15F5N4O2S. The van der Waals surface area contributed by atoms with Gasteiger partial charge in [-0.15, -0.1) is 0 Å². The number of aromatic nitrogens is 2. The van der Waals surface area contributed by atoms with E-state index in [9.17, 15) is 31.9 Å². The lowest BCUT2D eigenvalue weighted by Gasteiger charge is -2.30. The summed E-state index contributed by atoms with van der Waals surface area (Å²) < 4.78 is 69.5. The smallest absolute Gasteiger partial charge is 0.416 e. The van der Waals surface area contributed by atoms with Crippen LogP contribution in [0.4, 0.5) is 27.6 Å². The molecule has 3 aromatic rings. The molecule has 2 aliphatic heterocycles. The molecule has 2 atom stereocenters. The van der Waals surface area contributed by atoms with Crippen LogP contribution in [0.3, 0.4) is 0 Å². The number of hydrogen-bond acceptors (Lipinski definition) is 3. The van der Waals surface area contributed by atoms with Crippen molar-refractivity contribution >= 4 is 23.0 Å². The molecule has 12 heteroatoms. The van der Waals surface area contributed by atoms with E-state index >= 15 is 0 Å². The first-order chi connectivity index (χ1) is 15.6. The molecule has 0 saturated carbocycles. The van der Waals surface area contributed by atoms with Crippen LogP contribution in [0.5, 0.6) is 5.88 Å². The Morgan fingerprint density at radius 1 is 1.12 bits per heavy atom. The third-order valence-electron chi connectivity index (χ3n) is 5.94. The number of fused-ring (bicyclic) bond motifs is 5. The standard InChI is InChI=1S/C21H15F5N4O2S/c22-13-5-2-6-14(23)16(13)27-19(33)28-9-12-8-15(28)17-18(31)30(20(32)29(12)17)11-4-1-3-10(7-11)21(24,25)26/h1-7,12,15,31H,8-9H2,(H,27,33)/t12?,15-/m1/s1. The number of para-hydroxylation sites is 1. The van der Waals surface area contributed by atoms with Gasteiger partial charge in [0.2, 0.25) is 5.88 Å². The Hall–Kier alpha value is -3.41. The fourth-order valence-corrected chi connectivity index (χ4v) is 4.82. The maximum absolute atomic E-state index is 14.0. The van der Waals surface area contributed by atoms with Gasteiger partial charge in [-0.2, -0.15) is 13.2 Å². The third kappa shape index (κ3) is 3.27. The first kappa shape index (κ1) is 21.4. The number of alkyl halides is 3. The highest BCUT2D eigenvalue weighted by Crippen LogP contribution is 2.49. The highest BCUT2D eigenvalue weighted by atomic mass is 32.1. The number of benzene rings is 2. The van der Waals surface area contributed by atoms with E-state index in [4.69, 9.17) is 12.2 Å². The fourth-order valence-electron chi connectivity index (χ4n) is 4.52. The summed E-state index contributed by atoms with van der Waals surface area (Å²) in [6.07, 6.45) is -4.21. The summed E-state index contributed by atoms with van der Waals surface area (Å²) in [5.74, 6) is -2.18. The largest absolute Gasteiger partial charge is 0.493 e. The number of likely N-dealkylation sites (tertiary alicyclic amines) is 1. The Kier molecular flexibility index (Phi) is 4.74. The van der Waals surface area contributed by atoms with E-state index in [1.165, 1.54) is 16.7 Å². The van der Waals surface area contributed by atoms with Crippen LogP contribution >= 0.6 is 12.2 Å². The number of hydrogen-bond donors (Lipinski definition) is 2. The van der Waals surface area contributed by atoms with Crippen LogP contribution in [0.15, 0.2) is 47.3 Å². The zero-order chi connectivity index (χ0) is 23.7. The minimum Gasteiger partial charge on any atom is -0.493 e. The van der Waals surface area contributed by atoms with Crippen LogP contribution < -0.4 is 11.0 Å². The molecule has 0 radical (unpaired) electrons. The average molecular weight is 482 g/mol. The number of aromatic hydroxyl groups is 1. The minimum absolute atomic E-state index is 0.00332. The van der Waals surface area contributed by atoms with Crippen molar-refractivity contribution in [3.05, 3.63) is 75.8 Å². The monoisotopic (exact) mass is 482 g/mol. The molecule has 6 nitrogen and oxygen atoms in total. The van der Waals surface area contributed by atoms with E-state index in [-0.39, 0.29) is 23.0 Å². The first-order valence-electron chi connectivity index (χ1n) is 9.83. The van der Waals surface area contributed by atoms with Gasteiger partial charge in [0.15, 0.2) is 5.11 Å². The van der Waals surface area contributed by atoms with Gasteiger partial charge in [-0.05, 0) is 49.0 Å². The Labute approximate surface area is 188 Å². The molecule has 2 aliphatic rings. The van der Waals surface area contributed by atoms with Crippen molar-refractivity contribution in [3.8, 4) is 11.6 Å². The second kappa shape index (κ2) is 7.30. The van der Waals surface area contributed by atoms with Gasteiger partial charge in [-0.25, -0.2) is 18.1 Å². The topological polar surface area (TPSA) is 62.4 Å². The normalized spacial score (nSPS) is 19.1. The zero-order valence-corrected chi connectivity index (χ0v) is 17.4. The van der Waals surface area contributed by atoms with Gasteiger partial charge in [0.1, 0.15) is 23.0 Å². The second-order valence-electron chi connectivity index (χ2n) is 7.83. The maximum atomic E-state index is 14.0. The SMILES string of the molecule is O=c1n(-c2cccc(C(F)(F)F)c2)c(O)c2n1C1C[C@H]2N(C(=S)Nc2c(F)cccc2F)C1. The van der Waals surface area contributed by atoms with E-state index < -0.39 is 52.7 Å². The molecule has 33 heavy (non-hydrogen) atoms. The van der Waals surface area contributed by atoms with E-state index in [1.54, 1.807) is 4.90 Å². The lowest BCUT2D eigenvalue weighted by molar-refractivity contribution is -0.137. The Balaban J connectivity index is 1.50. The average Bonchev–Trinajstić information content (AvgIpc) is 3.41. The van der Waals surface area contributed by atoms with Gasteiger partial charge in [-0.3, -0.25) is 4.57 Å². The van der Waals surface area contributed by atoms with Crippen molar-refractivity contribution < 1.29 is 27.1 Å². The highest BCUT2D eigenvalue weighted by Gasteiger charge is 2.48. The maximum Gasteiger partial charge on any atom is 0.416 e. The molecule has 1 fully saturated rings. The van der Waals surface area contributed by atoms with Crippen molar-refractivity contribution in [2.45, 2.75) is 24.7 Å². The van der Waals surface area contributed by atoms with E-state index in [1.807, 2.05) is 0 Å². The van der Waals surface area contributed by atoms with Crippen molar-refractivity contribution in [1.29, 1.82) is 0 Å². The summed E-state index contributed by atoms with van der Waals surface area (Å²) in [6.45, 7) is 0.228. The number of nitrogens with one attached hydrogen (secondary N) is 1. The number of nitrogens with zero attached hydrogens (tertiary/aromatic N) is 3. The number of imidazole rings is 1. The van der Waals surface area contributed by atoms with Gasteiger partial charge in [0, 0.05) is 6.54 Å². The number of anilines is 1. The minimum atomic E-state index is -4.62. The number of rotatable bonds is 2. The van der Waals surface area contributed by atoms with Crippen LogP contribution in [-0.2, 0) is 6.18 Å². The Bertz CT molecular complexity index is 1330. The molecule has 0 amide bonds. The lowest BCUT2D eigenvalue weighted by atomic mass is 10.2. The van der Waals surface area contributed by atoms with Crippen LogP contribution in [0.1, 0.15) is 29.8 Å². The van der Waals surface area contributed by atoms with Gasteiger partial charge in [0.05, 0.1) is 23.3 Å². The third-order valence-corrected chi connectivity index (χ3v) is 6.28. The zero-order valence-electron chi connectivity index (χ0n) is 16.6. The van der Waals surface area contributed by atoms with Crippen molar-refractivity contribution in [1.82, 2.24) is 14.0 Å². The predicted molar refractivity (Wildman–Crippen MR) is 112 cm³/mol. The van der Waals surface area contributed by atoms with Crippen molar-refractivity contribution in [3.63, 3.8) is 0 Å².